The van der Waals surface area contributed by atoms with Crippen molar-refractivity contribution in [1.29, 1.82) is 0 Å². The van der Waals surface area contributed by atoms with E-state index in [4.69, 9.17) is 9.72 Å². The second kappa shape index (κ2) is 9.09. The van der Waals surface area contributed by atoms with Gasteiger partial charge in [-0.25, -0.2) is 9.97 Å². The molecule has 6 aromatic rings. The fourth-order valence-corrected chi connectivity index (χ4v) is 5.01. The fourth-order valence-electron chi connectivity index (χ4n) is 5.01. The summed E-state index contributed by atoms with van der Waals surface area (Å²) in [6, 6.07) is 11.8. The van der Waals surface area contributed by atoms with Crippen LogP contribution >= 0.6 is 0 Å². The molecule has 9 heteroatoms. The second-order valence-corrected chi connectivity index (χ2v) is 9.33. The smallest absolute Gasteiger partial charge is 0.160 e. The first-order valence-electron chi connectivity index (χ1n) is 12.5. The van der Waals surface area contributed by atoms with Crippen LogP contribution in [0.25, 0.3) is 56.1 Å². The number of nitrogens with zero attached hydrogens (tertiary/aromatic N) is 6. The zero-order valence-electron chi connectivity index (χ0n) is 20.1. The molecule has 1 saturated carbocycles. The molecule has 0 saturated heterocycles. The van der Waals surface area contributed by atoms with Gasteiger partial charge in [0.25, 0.3) is 0 Å². The van der Waals surface area contributed by atoms with Gasteiger partial charge in [-0.1, -0.05) is 12.5 Å². The standard InChI is InChI=1S/C28H24N8O/c1-2-6-18(7-3-1)37-19-12-17(14-29-15-19)23-13-21-24(16-32-23)35-36-26(21)28-33-25-20(9-11-31-27(25)34-28)22-8-4-5-10-30-22/h4-5,8-16,18H,1-3,6-7H2,(H,35,36)(H,31,33,34). The summed E-state index contributed by atoms with van der Waals surface area (Å²) in [5.41, 5.74) is 6.39. The van der Waals surface area contributed by atoms with E-state index >= 15 is 0 Å². The third-order valence-electron chi connectivity index (χ3n) is 6.86. The van der Waals surface area contributed by atoms with Crippen LogP contribution in [0.2, 0.25) is 0 Å². The van der Waals surface area contributed by atoms with E-state index in [0.717, 1.165) is 57.5 Å². The molecule has 1 fully saturated rings. The number of H-pyrrole nitrogens is 2. The molecule has 2 N–H and O–H groups in total. The minimum atomic E-state index is 0.263. The van der Waals surface area contributed by atoms with Crippen LogP contribution in [0.3, 0.4) is 0 Å². The SMILES string of the molecule is c1ccc(-c2ccnc3[nH]c(-c4n[nH]c5cnc(-c6cncc(OC7CCCCC7)c6)cc45)nc23)nc1. The molecule has 1 aliphatic carbocycles. The van der Waals surface area contributed by atoms with Gasteiger partial charge in [0.1, 0.15) is 17.0 Å². The van der Waals surface area contributed by atoms with Crippen molar-refractivity contribution in [2.75, 3.05) is 0 Å². The van der Waals surface area contributed by atoms with Crippen LogP contribution < -0.4 is 4.74 Å². The van der Waals surface area contributed by atoms with Crippen LogP contribution in [-0.4, -0.2) is 46.2 Å². The number of fused-ring (bicyclic) bond motifs is 2. The third kappa shape index (κ3) is 4.08. The number of pyridine rings is 4. The van der Waals surface area contributed by atoms with Gasteiger partial charge in [0.05, 0.1) is 35.4 Å². The van der Waals surface area contributed by atoms with E-state index in [1.54, 1.807) is 24.8 Å². The average molecular weight is 489 g/mol. The first-order chi connectivity index (χ1) is 18.3. The van der Waals surface area contributed by atoms with Crippen LogP contribution in [0.4, 0.5) is 0 Å². The van der Waals surface area contributed by atoms with Crippen molar-refractivity contribution in [3.8, 4) is 39.8 Å². The molecule has 37 heavy (non-hydrogen) atoms. The number of aromatic amines is 2. The van der Waals surface area contributed by atoms with E-state index in [1.165, 1.54) is 19.3 Å². The summed E-state index contributed by atoms with van der Waals surface area (Å²) in [4.78, 5) is 26.2. The van der Waals surface area contributed by atoms with Gasteiger partial charge in [-0.05, 0) is 56.0 Å². The maximum absolute atomic E-state index is 6.23. The lowest BCUT2D eigenvalue weighted by Gasteiger charge is -2.22. The molecule has 182 valence electrons. The van der Waals surface area contributed by atoms with E-state index < -0.39 is 0 Å². The molecular weight excluding hydrogens is 464 g/mol. The number of ether oxygens (including phenoxy) is 1. The van der Waals surface area contributed by atoms with Crippen molar-refractivity contribution in [3.05, 3.63) is 67.4 Å². The van der Waals surface area contributed by atoms with Crippen molar-refractivity contribution in [2.24, 2.45) is 0 Å². The third-order valence-corrected chi connectivity index (χ3v) is 6.86. The van der Waals surface area contributed by atoms with E-state index in [9.17, 15) is 0 Å². The fraction of sp³-hybridized carbons (Fsp3) is 0.214. The summed E-state index contributed by atoms with van der Waals surface area (Å²) in [6.07, 6.45) is 15.1. The second-order valence-electron chi connectivity index (χ2n) is 9.33. The molecule has 0 bridgehead atoms. The summed E-state index contributed by atoms with van der Waals surface area (Å²) in [5.74, 6) is 1.41. The highest BCUT2D eigenvalue weighted by atomic mass is 16.5. The summed E-state index contributed by atoms with van der Waals surface area (Å²) in [6.45, 7) is 0. The van der Waals surface area contributed by atoms with E-state index in [1.807, 2.05) is 42.6 Å². The van der Waals surface area contributed by atoms with Gasteiger partial charge in [0.15, 0.2) is 11.5 Å². The topological polar surface area (TPSA) is 118 Å². The first kappa shape index (κ1) is 21.6. The van der Waals surface area contributed by atoms with Crippen LogP contribution in [0.15, 0.2) is 67.4 Å². The minimum absolute atomic E-state index is 0.263. The Morgan fingerprint density at radius 2 is 1.81 bits per heavy atom. The lowest BCUT2D eigenvalue weighted by molar-refractivity contribution is 0.154. The molecule has 6 aromatic heterocycles. The molecule has 1 aliphatic rings. The molecule has 0 atom stereocenters. The van der Waals surface area contributed by atoms with E-state index in [2.05, 4.69) is 35.1 Å². The predicted octanol–water partition coefficient (Wildman–Crippen LogP) is 5.73. The monoisotopic (exact) mass is 488 g/mol. The molecule has 6 heterocycles. The highest BCUT2D eigenvalue weighted by Gasteiger charge is 2.18. The maximum Gasteiger partial charge on any atom is 0.160 e. The molecule has 7 rings (SSSR count). The molecule has 0 amide bonds. The molecular formula is C28H24N8O. The van der Waals surface area contributed by atoms with Crippen molar-refractivity contribution < 1.29 is 4.74 Å². The van der Waals surface area contributed by atoms with Crippen LogP contribution in [0.1, 0.15) is 32.1 Å². The minimum Gasteiger partial charge on any atom is -0.489 e. The lowest BCUT2D eigenvalue weighted by Crippen LogP contribution is -2.19. The maximum atomic E-state index is 6.23. The molecule has 0 aromatic carbocycles. The van der Waals surface area contributed by atoms with E-state index in [0.29, 0.717) is 17.2 Å². The number of rotatable bonds is 5. The number of nitrogens with one attached hydrogen (secondary N) is 2. The van der Waals surface area contributed by atoms with Crippen molar-refractivity contribution in [3.63, 3.8) is 0 Å². The van der Waals surface area contributed by atoms with Gasteiger partial charge in [0, 0.05) is 35.1 Å². The molecule has 0 spiro atoms. The zero-order chi connectivity index (χ0) is 24.6. The Morgan fingerprint density at radius 1 is 0.865 bits per heavy atom. The number of aromatic nitrogens is 8. The van der Waals surface area contributed by atoms with Crippen molar-refractivity contribution >= 4 is 22.1 Å². The summed E-state index contributed by atoms with van der Waals surface area (Å²) >= 11 is 0. The molecule has 0 unspecified atom stereocenters. The number of hydrogen-bond donors (Lipinski definition) is 2. The van der Waals surface area contributed by atoms with Gasteiger partial charge in [0.2, 0.25) is 0 Å². The highest BCUT2D eigenvalue weighted by Crippen LogP contribution is 2.32. The van der Waals surface area contributed by atoms with Crippen molar-refractivity contribution in [2.45, 2.75) is 38.2 Å². The van der Waals surface area contributed by atoms with Gasteiger partial charge in [-0.2, -0.15) is 5.10 Å². The normalized spacial score (nSPS) is 14.4. The Labute approximate surface area is 212 Å². The zero-order valence-corrected chi connectivity index (χ0v) is 20.1. The summed E-state index contributed by atoms with van der Waals surface area (Å²) in [7, 11) is 0. The number of hydrogen-bond acceptors (Lipinski definition) is 7. The molecule has 0 aliphatic heterocycles. The largest absolute Gasteiger partial charge is 0.489 e. The van der Waals surface area contributed by atoms with Crippen LogP contribution in [0, 0.1) is 0 Å². The molecule has 9 nitrogen and oxygen atoms in total. The Balaban J connectivity index is 1.26. The Kier molecular flexibility index (Phi) is 5.31. The Hall–Kier alpha value is -4.66. The predicted molar refractivity (Wildman–Crippen MR) is 141 cm³/mol. The van der Waals surface area contributed by atoms with Gasteiger partial charge < -0.3 is 9.72 Å². The Bertz CT molecular complexity index is 1700. The van der Waals surface area contributed by atoms with Crippen molar-refractivity contribution in [1.82, 2.24) is 40.1 Å². The van der Waals surface area contributed by atoms with Crippen LogP contribution in [0.5, 0.6) is 5.75 Å². The number of imidazole rings is 1. The molecule has 0 radical (unpaired) electrons. The quantitative estimate of drug-likeness (QED) is 0.318. The van der Waals surface area contributed by atoms with Gasteiger partial charge in [-0.15, -0.1) is 0 Å². The Morgan fingerprint density at radius 3 is 2.70 bits per heavy atom. The van der Waals surface area contributed by atoms with E-state index in [-0.39, 0.29) is 6.10 Å². The summed E-state index contributed by atoms with van der Waals surface area (Å²) < 4.78 is 6.23. The van der Waals surface area contributed by atoms with Crippen LogP contribution in [-0.2, 0) is 0 Å². The highest BCUT2D eigenvalue weighted by molar-refractivity contribution is 5.96. The summed E-state index contributed by atoms with van der Waals surface area (Å²) in [5, 5.41) is 8.53. The lowest BCUT2D eigenvalue weighted by atomic mass is 9.98. The van der Waals surface area contributed by atoms with Gasteiger partial charge >= 0.3 is 0 Å². The first-order valence-corrected chi connectivity index (χ1v) is 12.5. The van der Waals surface area contributed by atoms with Gasteiger partial charge in [-0.3, -0.25) is 20.1 Å². The average Bonchev–Trinajstić information content (AvgIpc) is 3.58.